The Balaban J connectivity index is 2.64. The van der Waals surface area contributed by atoms with Crippen LogP contribution in [0.4, 0.5) is 0 Å². The number of hydrogen-bond acceptors (Lipinski definition) is 3. The lowest BCUT2D eigenvalue weighted by atomic mass is 10.1. The van der Waals surface area contributed by atoms with Gasteiger partial charge in [0.15, 0.2) is 0 Å². The van der Waals surface area contributed by atoms with Crippen LogP contribution in [-0.4, -0.2) is 37.4 Å². The molecule has 0 aliphatic rings. The van der Waals surface area contributed by atoms with Gasteiger partial charge in [-0.25, -0.2) is 0 Å². The van der Waals surface area contributed by atoms with Crippen molar-refractivity contribution in [3.8, 4) is 11.8 Å². The minimum absolute atomic E-state index is 0.0384. The van der Waals surface area contributed by atoms with Gasteiger partial charge >= 0.3 is 0 Å². The maximum Gasteiger partial charge on any atom is 0.251 e. The van der Waals surface area contributed by atoms with Gasteiger partial charge in [-0.15, -0.1) is 0 Å². The number of amides is 1. The van der Waals surface area contributed by atoms with Gasteiger partial charge in [0.25, 0.3) is 5.91 Å². The number of ether oxygens (including phenoxy) is 1. The number of carbonyl (C=O) groups is 1. The highest BCUT2D eigenvalue weighted by Gasteiger charge is 2.12. The molecule has 1 aromatic carbocycles. The number of benzene rings is 1. The van der Waals surface area contributed by atoms with Crippen LogP contribution in [0.2, 0.25) is 0 Å². The van der Waals surface area contributed by atoms with Gasteiger partial charge in [0, 0.05) is 24.7 Å². The lowest BCUT2D eigenvalue weighted by Gasteiger charge is -2.17. The smallest absolute Gasteiger partial charge is 0.251 e. The van der Waals surface area contributed by atoms with Crippen molar-refractivity contribution in [3.63, 3.8) is 0 Å². The number of rotatable bonds is 7. The second kappa shape index (κ2) is 9.98. The van der Waals surface area contributed by atoms with Crippen LogP contribution in [0, 0.1) is 11.8 Å². The fourth-order valence-electron chi connectivity index (χ4n) is 1.94. The van der Waals surface area contributed by atoms with E-state index in [0.29, 0.717) is 18.6 Å². The fraction of sp³-hybridized carbons (Fsp3) is 0.471. The first-order valence-corrected chi connectivity index (χ1v) is 7.20. The molecule has 114 valence electrons. The predicted octanol–water partition coefficient (Wildman–Crippen LogP) is 1.97. The standard InChI is InChI=1S/C17H23NO3/c1-3-6-16(13-21-2)18-17(20)15-10-8-14(9-11-15)7-4-5-12-19/h8-11,16,19H,3,5-6,12-13H2,1-2H3,(H,18,20). The molecule has 1 amide bonds. The van der Waals surface area contributed by atoms with E-state index in [1.807, 2.05) is 12.1 Å². The Kier molecular flexibility index (Phi) is 8.18. The van der Waals surface area contributed by atoms with Crippen molar-refractivity contribution in [2.24, 2.45) is 0 Å². The van der Waals surface area contributed by atoms with E-state index in [2.05, 4.69) is 24.1 Å². The van der Waals surface area contributed by atoms with E-state index in [9.17, 15) is 4.79 Å². The molecule has 1 aromatic rings. The van der Waals surface area contributed by atoms with Crippen LogP contribution in [0.5, 0.6) is 0 Å². The number of methoxy groups -OCH3 is 1. The summed E-state index contributed by atoms with van der Waals surface area (Å²) in [6.45, 7) is 2.66. The number of nitrogens with one attached hydrogen (secondary N) is 1. The SMILES string of the molecule is CCCC(COC)NC(=O)c1ccc(C#CCCO)cc1. The Morgan fingerprint density at radius 2 is 2.10 bits per heavy atom. The van der Waals surface area contributed by atoms with Crippen LogP contribution >= 0.6 is 0 Å². The first-order chi connectivity index (χ1) is 10.2. The Morgan fingerprint density at radius 3 is 2.67 bits per heavy atom. The molecule has 1 atom stereocenters. The van der Waals surface area contributed by atoms with Gasteiger partial charge < -0.3 is 15.2 Å². The van der Waals surface area contributed by atoms with Crippen LogP contribution in [0.1, 0.15) is 42.1 Å². The number of aliphatic hydroxyl groups is 1. The van der Waals surface area contributed by atoms with Crippen LogP contribution in [0.3, 0.4) is 0 Å². The van der Waals surface area contributed by atoms with Crippen molar-refractivity contribution >= 4 is 5.91 Å². The molecule has 1 unspecified atom stereocenters. The molecular weight excluding hydrogens is 266 g/mol. The van der Waals surface area contributed by atoms with E-state index in [1.165, 1.54) is 0 Å². The molecule has 4 heteroatoms. The highest BCUT2D eigenvalue weighted by Crippen LogP contribution is 2.05. The summed E-state index contributed by atoms with van der Waals surface area (Å²) in [5.74, 6) is 5.68. The van der Waals surface area contributed by atoms with E-state index < -0.39 is 0 Å². The summed E-state index contributed by atoms with van der Waals surface area (Å²) in [5.41, 5.74) is 1.45. The zero-order chi connectivity index (χ0) is 15.5. The molecule has 0 heterocycles. The van der Waals surface area contributed by atoms with Gasteiger partial charge in [-0.3, -0.25) is 4.79 Å². The Morgan fingerprint density at radius 1 is 1.38 bits per heavy atom. The molecular formula is C17H23NO3. The molecule has 0 aromatic heterocycles. The van der Waals surface area contributed by atoms with Gasteiger partial charge in [0.05, 0.1) is 19.3 Å². The molecule has 0 aliphatic carbocycles. The third-order valence-electron chi connectivity index (χ3n) is 2.96. The monoisotopic (exact) mass is 289 g/mol. The summed E-state index contributed by atoms with van der Waals surface area (Å²) in [7, 11) is 1.63. The minimum atomic E-state index is -0.0969. The number of aliphatic hydroxyl groups excluding tert-OH is 1. The third-order valence-corrected chi connectivity index (χ3v) is 2.96. The molecule has 2 N–H and O–H groups in total. The predicted molar refractivity (Wildman–Crippen MR) is 83.1 cm³/mol. The van der Waals surface area contributed by atoms with E-state index in [-0.39, 0.29) is 18.6 Å². The normalized spacial score (nSPS) is 11.4. The van der Waals surface area contributed by atoms with Gasteiger partial charge in [-0.1, -0.05) is 25.2 Å². The van der Waals surface area contributed by atoms with Gasteiger partial charge in [0.1, 0.15) is 0 Å². The molecule has 0 saturated heterocycles. The van der Waals surface area contributed by atoms with Crippen molar-refractivity contribution in [1.29, 1.82) is 0 Å². The lowest BCUT2D eigenvalue weighted by molar-refractivity contribution is 0.0891. The summed E-state index contributed by atoms with van der Waals surface area (Å²) >= 11 is 0. The molecule has 0 fully saturated rings. The fourth-order valence-corrected chi connectivity index (χ4v) is 1.94. The second-order valence-electron chi connectivity index (χ2n) is 4.77. The van der Waals surface area contributed by atoms with Crippen LogP contribution < -0.4 is 5.32 Å². The minimum Gasteiger partial charge on any atom is -0.395 e. The largest absolute Gasteiger partial charge is 0.395 e. The zero-order valence-corrected chi connectivity index (χ0v) is 12.7. The Bertz CT molecular complexity index is 479. The highest BCUT2D eigenvalue weighted by molar-refractivity contribution is 5.94. The lowest BCUT2D eigenvalue weighted by Crippen LogP contribution is -2.37. The van der Waals surface area contributed by atoms with E-state index >= 15 is 0 Å². The number of carbonyl (C=O) groups excluding carboxylic acids is 1. The topological polar surface area (TPSA) is 58.6 Å². The zero-order valence-electron chi connectivity index (χ0n) is 12.7. The third kappa shape index (κ3) is 6.44. The van der Waals surface area contributed by atoms with Crippen molar-refractivity contribution in [3.05, 3.63) is 35.4 Å². The molecule has 4 nitrogen and oxygen atoms in total. The molecule has 0 saturated carbocycles. The summed E-state index contributed by atoms with van der Waals surface area (Å²) in [4.78, 5) is 12.1. The molecule has 21 heavy (non-hydrogen) atoms. The maximum absolute atomic E-state index is 12.1. The van der Waals surface area contributed by atoms with Crippen LogP contribution in [-0.2, 0) is 4.74 Å². The first-order valence-electron chi connectivity index (χ1n) is 7.20. The Hall–Kier alpha value is -1.83. The quantitative estimate of drug-likeness (QED) is 0.755. The molecule has 1 rings (SSSR count). The van der Waals surface area contributed by atoms with E-state index in [0.717, 1.165) is 18.4 Å². The highest BCUT2D eigenvalue weighted by atomic mass is 16.5. The van der Waals surface area contributed by atoms with Crippen molar-refractivity contribution in [2.75, 3.05) is 20.3 Å². The molecule has 0 spiro atoms. The summed E-state index contributed by atoms with van der Waals surface area (Å²) in [6, 6.07) is 7.17. The van der Waals surface area contributed by atoms with E-state index in [4.69, 9.17) is 9.84 Å². The van der Waals surface area contributed by atoms with Crippen molar-refractivity contribution < 1.29 is 14.6 Å². The van der Waals surface area contributed by atoms with Crippen LogP contribution in [0.15, 0.2) is 24.3 Å². The summed E-state index contributed by atoms with van der Waals surface area (Å²) in [5, 5.41) is 11.6. The number of hydrogen-bond donors (Lipinski definition) is 2. The van der Waals surface area contributed by atoms with Crippen molar-refractivity contribution in [2.45, 2.75) is 32.2 Å². The van der Waals surface area contributed by atoms with Crippen LogP contribution in [0.25, 0.3) is 0 Å². The summed E-state index contributed by atoms with van der Waals surface area (Å²) < 4.78 is 5.11. The first kappa shape index (κ1) is 17.2. The molecule has 0 radical (unpaired) electrons. The Labute approximate surface area is 126 Å². The van der Waals surface area contributed by atoms with Gasteiger partial charge in [-0.2, -0.15) is 0 Å². The van der Waals surface area contributed by atoms with Crippen molar-refractivity contribution in [1.82, 2.24) is 5.32 Å². The molecule has 0 aliphatic heterocycles. The summed E-state index contributed by atoms with van der Waals surface area (Å²) in [6.07, 6.45) is 2.34. The average Bonchev–Trinajstić information content (AvgIpc) is 2.48. The maximum atomic E-state index is 12.1. The molecule has 0 bridgehead atoms. The van der Waals surface area contributed by atoms with Gasteiger partial charge in [-0.05, 0) is 30.7 Å². The van der Waals surface area contributed by atoms with E-state index in [1.54, 1.807) is 19.2 Å². The van der Waals surface area contributed by atoms with Gasteiger partial charge in [0.2, 0.25) is 0 Å². The average molecular weight is 289 g/mol. The second-order valence-corrected chi connectivity index (χ2v) is 4.77.